The zero-order valence-corrected chi connectivity index (χ0v) is 13.2. The average Bonchev–Trinajstić information content (AvgIpc) is 2.55. The van der Waals surface area contributed by atoms with Crippen LogP contribution in [0.15, 0.2) is 42.5 Å². The predicted molar refractivity (Wildman–Crippen MR) is 87.8 cm³/mol. The minimum atomic E-state index is -0.408. The molecule has 0 aromatic heterocycles. The van der Waals surface area contributed by atoms with E-state index in [1.807, 2.05) is 31.2 Å². The SMILES string of the molecule is CCOc1cccc(CNCc2cc([N+](=O)[O-])ccc2OC)c1. The van der Waals surface area contributed by atoms with Gasteiger partial charge in [0.2, 0.25) is 0 Å². The van der Waals surface area contributed by atoms with Crippen LogP contribution in [-0.4, -0.2) is 18.6 Å². The molecule has 0 heterocycles. The molecule has 2 aromatic rings. The first-order chi connectivity index (χ1) is 11.1. The lowest BCUT2D eigenvalue weighted by Crippen LogP contribution is -2.13. The van der Waals surface area contributed by atoms with Gasteiger partial charge in [0.05, 0.1) is 18.6 Å². The van der Waals surface area contributed by atoms with E-state index >= 15 is 0 Å². The Morgan fingerprint density at radius 3 is 2.70 bits per heavy atom. The number of hydrogen-bond acceptors (Lipinski definition) is 5. The molecule has 2 aromatic carbocycles. The number of nitrogens with one attached hydrogen (secondary N) is 1. The minimum Gasteiger partial charge on any atom is -0.496 e. The smallest absolute Gasteiger partial charge is 0.270 e. The van der Waals surface area contributed by atoms with Crippen molar-refractivity contribution in [2.45, 2.75) is 20.0 Å². The zero-order chi connectivity index (χ0) is 16.7. The fourth-order valence-electron chi connectivity index (χ4n) is 2.27. The maximum Gasteiger partial charge on any atom is 0.270 e. The maximum absolute atomic E-state index is 10.9. The third-order valence-corrected chi connectivity index (χ3v) is 3.33. The molecule has 0 radical (unpaired) electrons. The van der Waals surface area contributed by atoms with Crippen molar-refractivity contribution in [2.24, 2.45) is 0 Å². The molecule has 0 aliphatic heterocycles. The number of hydrogen-bond donors (Lipinski definition) is 1. The summed E-state index contributed by atoms with van der Waals surface area (Å²) < 4.78 is 10.7. The van der Waals surface area contributed by atoms with Gasteiger partial charge in [-0.3, -0.25) is 10.1 Å². The van der Waals surface area contributed by atoms with Crippen LogP contribution in [-0.2, 0) is 13.1 Å². The standard InChI is InChI=1S/C17H20N2O4/c1-3-23-16-6-4-5-13(9-16)11-18-12-14-10-15(19(20)21)7-8-17(14)22-2/h4-10,18H,3,11-12H2,1-2H3. The van der Waals surface area contributed by atoms with Gasteiger partial charge < -0.3 is 14.8 Å². The van der Waals surface area contributed by atoms with Gasteiger partial charge in [-0.2, -0.15) is 0 Å². The first-order valence-corrected chi connectivity index (χ1v) is 7.37. The van der Waals surface area contributed by atoms with Gasteiger partial charge in [-0.1, -0.05) is 12.1 Å². The first-order valence-electron chi connectivity index (χ1n) is 7.37. The molecule has 122 valence electrons. The second kappa shape index (κ2) is 8.14. The Morgan fingerprint density at radius 2 is 2.00 bits per heavy atom. The van der Waals surface area contributed by atoms with Crippen LogP contribution in [0.2, 0.25) is 0 Å². The molecule has 0 saturated carbocycles. The fraction of sp³-hybridized carbons (Fsp3) is 0.294. The second-order valence-corrected chi connectivity index (χ2v) is 4.94. The number of rotatable bonds is 8. The molecule has 0 aliphatic carbocycles. The van der Waals surface area contributed by atoms with E-state index in [1.54, 1.807) is 13.2 Å². The third kappa shape index (κ3) is 4.69. The van der Waals surface area contributed by atoms with Crippen molar-refractivity contribution in [3.63, 3.8) is 0 Å². The van der Waals surface area contributed by atoms with Crippen LogP contribution in [0, 0.1) is 10.1 Å². The molecule has 23 heavy (non-hydrogen) atoms. The predicted octanol–water partition coefficient (Wildman–Crippen LogP) is 3.29. The molecule has 1 N–H and O–H groups in total. The van der Waals surface area contributed by atoms with Crippen molar-refractivity contribution in [3.05, 3.63) is 63.7 Å². The summed E-state index contributed by atoms with van der Waals surface area (Å²) in [5.41, 5.74) is 1.89. The van der Waals surface area contributed by atoms with Gasteiger partial charge in [0, 0.05) is 30.8 Å². The molecule has 0 bridgehead atoms. The number of nitro benzene ring substituents is 1. The van der Waals surface area contributed by atoms with E-state index in [2.05, 4.69) is 5.32 Å². The largest absolute Gasteiger partial charge is 0.496 e. The van der Waals surface area contributed by atoms with E-state index in [4.69, 9.17) is 9.47 Å². The summed E-state index contributed by atoms with van der Waals surface area (Å²) in [6.07, 6.45) is 0. The van der Waals surface area contributed by atoms with E-state index < -0.39 is 4.92 Å². The number of methoxy groups -OCH3 is 1. The van der Waals surface area contributed by atoms with Crippen LogP contribution in [0.1, 0.15) is 18.1 Å². The normalized spacial score (nSPS) is 10.3. The molecule has 6 heteroatoms. The molecule has 0 atom stereocenters. The van der Waals surface area contributed by atoms with Crippen molar-refractivity contribution in [2.75, 3.05) is 13.7 Å². The Kier molecular flexibility index (Phi) is 5.94. The van der Waals surface area contributed by atoms with Crippen LogP contribution in [0.4, 0.5) is 5.69 Å². The lowest BCUT2D eigenvalue weighted by Gasteiger charge is -2.10. The quantitative estimate of drug-likeness (QED) is 0.597. The molecule has 0 amide bonds. The summed E-state index contributed by atoms with van der Waals surface area (Å²) in [7, 11) is 1.55. The summed E-state index contributed by atoms with van der Waals surface area (Å²) in [5, 5.41) is 14.1. The number of non-ortho nitro benzene ring substituents is 1. The van der Waals surface area contributed by atoms with Crippen LogP contribution in [0.3, 0.4) is 0 Å². The molecule has 0 saturated heterocycles. The minimum absolute atomic E-state index is 0.0564. The molecule has 0 aliphatic rings. The summed E-state index contributed by atoms with van der Waals surface area (Å²) in [4.78, 5) is 10.5. The van der Waals surface area contributed by atoms with Crippen molar-refractivity contribution in [1.29, 1.82) is 0 Å². The molecule has 0 spiro atoms. The van der Waals surface area contributed by atoms with Crippen molar-refractivity contribution >= 4 is 5.69 Å². The Morgan fingerprint density at radius 1 is 1.17 bits per heavy atom. The average molecular weight is 316 g/mol. The molecular weight excluding hydrogens is 296 g/mol. The van der Waals surface area contributed by atoms with E-state index in [0.29, 0.717) is 25.4 Å². The van der Waals surface area contributed by atoms with Crippen molar-refractivity contribution in [1.82, 2.24) is 5.32 Å². The van der Waals surface area contributed by atoms with Gasteiger partial charge >= 0.3 is 0 Å². The highest BCUT2D eigenvalue weighted by atomic mass is 16.6. The van der Waals surface area contributed by atoms with Crippen molar-refractivity contribution < 1.29 is 14.4 Å². The van der Waals surface area contributed by atoms with E-state index in [0.717, 1.165) is 16.9 Å². The molecule has 2 rings (SSSR count). The zero-order valence-electron chi connectivity index (χ0n) is 13.2. The van der Waals surface area contributed by atoms with Crippen LogP contribution in [0.25, 0.3) is 0 Å². The number of nitro groups is 1. The Bertz CT molecular complexity index is 673. The lowest BCUT2D eigenvalue weighted by atomic mass is 10.1. The van der Waals surface area contributed by atoms with Crippen LogP contribution in [0.5, 0.6) is 11.5 Å². The van der Waals surface area contributed by atoms with Gasteiger partial charge in [0.25, 0.3) is 5.69 Å². The highest BCUT2D eigenvalue weighted by molar-refractivity contribution is 5.43. The summed E-state index contributed by atoms with van der Waals surface area (Å²) in [5.74, 6) is 1.46. The van der Waals surface area contributed by atoms with Gasteiger partial charge in [-0.05, 0) is 30.7 Å². The Labute approximate surface area is 135 Å². The highest BCUT2D eigenvalue weighted by Gasteiger charge is 2.11. The maximum atomic E-state index is 10.9. The molecule has 6 nitrogen and oxygen atoms in total. The number of nitrogens with zero attached hydrogens (tertiary/aromatic N) is 1. The Hall–Kier alpha value is -2.60. The van der Waals surface area contributed by atoms with Gasteiger partial charge in [-0.25, -0.2) is 0 Å². The molecular formula is C17H20N2O4. The van der Waals surface area contributed by atoms with E-state index in [9.17, 15) is 10.1 Å². The van der Waals surface area contributed by atoms with Gasteiger partial charge in [-0.15, -0.1) is 0 Å². The third-order valence-electron chi connectivity index (χ3n) is 3.33. The number of benzene rings is 2. The van der Waals surface area contributed by atoms with E-state index in [-0.39, 0.29) is 5.69 Å². The van der Waals surface area contributed by atoms with Crippen molar-refractivity contribution in [3.8, 4) is 11.5 Å². The number of ether oxygens (including phenoxy) is 2. The summed E-state index contributed by atoms with van der Waals surface area (Å²) >= 11 is 0. The van der Waals surface area contributed by atoms with Gasteiger partial charge in [0.1, 0.15) is 11.5 Å². The molecule has 0 fully saturated rings. The van der Waals surface area contributed by atoms with Crippen LogP contribution < -0.4 is 14.8 Å². The monoisotopic (exact) mass is 316 g/mol. The Balaban J connectivity index is 2.01. The second-order valence-electron chi connectivity index (χ2n) is 4.94. The highest BCUT2D eigenvalue weighted by Crippen LogP contribution is 2.24. The van der Waals surface area contributed by atoms with Gasteiger partial charge in [0.15, 0.2) is 0 Å². The van der Waals surface area contributed by atoms with E-state index in [1.165, 1.54) is 12.1 Å². The first kappa shape index (κ1) is 16.8. The van der Waals surface area contributed by atoms with Crippen LogP contribution >= 0.6 is 0 Å². The molecule has 0 unspecified atom stereocenters. The summed E-state index contributed by atoms with van der Waals surface area (Å²) in [6, 6.07) is 12.4. The lowest BCUT2D eigenvalue weighted by molar-refractivity contribution is -0.384. The summed E-state index contributed by atoms with van der Waals surface area (Å²) in [6.45, 7) is 3.68. The topological polar surface area (TPSA) is 73.6 Å². The fourth-order valence-corrected chi connectivity index (χ4v) is 2.27.